The smallest absolute Gasteiger partial charge is 0.314 e. The van der Waals surface area contributed by atoms with Gasteiger partial charge in [0, 0.05) is 31.4 Å². The van der Waals surface area contributed by atoms with Crippen molar-refractivity contribution in [3.8, 4) is 0 Å². The van der Waals surface area contributed by atoms with Crippen LogP contribution in [0.25, 0.3) is 0 Å². The molecule has 0 unspecified atom stereocenters. The molecule has 0 saturated heterocycles. The first kappa shape index (κ1) is 14.1. The highest BCUT2D eigenvalue weighted by molar-refractivity contribution is 4.86. The fourth-order valence-corrected chi connectivity index (χ4v) is 2.16. The van der Waals surface area contributed by atoms with Gasteiger partial charge in [-0.2, -0.15) is 0 Å². The molecular weight excluding hydrogens is 242 g/mol. The summed E-state index contributed by atoms with van der Waals surface area (Å²) in [6, 6.07) is 2.21. The number of aryl methyl sites for hydroxylation is 1. The van der Waals surface area contributed by atoms with Crippen molar-refractivity contribution in [3.63, 3.8) is 0 Å². The molecule has 0 amide bonds. The predicted molar refractivity (Wildman–Crippen MR) is 75.5 cm³/mol. The lowest BCUT2D eigenvalue weighted by Gasteiger charge is -2.09. The lowest BCUT2D eigenvalue weighted by atomic mass is 10.3. The molecule has 19 heavy (non-hydrogen) atoms. The quantitative estimate of drug-likeness (QED) is 0.712. The standard InChI is InChI=1S/C14H23N3O2/c1-2-9-16-11-7-13(18)17(14(16)19)10-4-3-8-15-12-5-6-12/h7,11-12,15H,2-6,8-10H2,1H3. The van der Waals surface area contributed by atoms with Crippen LogP contribution in [-0.2, 0) is 13.1 Å². The van der Waals surface area contributed by atoms with E-state index in [4.69, 9.17) is 0 Å². The fourth-order valence-electron chi connectivity index (χ4n) is 2.16. The second kappa shape index (κ2) is 6.70. The Kier molecular flexibility index (Phi) is 4.96. The van der Waals surface area contributed by atoms with Gasteiger partial charge >= 0.3 is 5.69 Å². The van der Waals surface area contributed by atoms with Gasteiger partial charge < -0.3 is 9.88 Å². The summed E-state index contributed by atoms with van der Waals surface area (Å²) in [7, 11) is 0. The number of aromatic nitrogens is 2. The molecule has 1 heterocycles. The van der Waals surface area contributed by atoms with E-state index < -0.39 is 0 Å². The molecule has 1 fully saturated rings. The Bertz CT molecular complexity index is 514. The largest absolute Gasteiger partial charge is 0.330 e. The van der Waals surface area contributed by atoms with E-state index in [1.807, 2.05) is 6.92 Å². The zero-order valence-electron chi connectivity index (χ0n) is 11.6. The van der Waals surface area contributed by atoms with Crippen LogP contribution in [0.3, 0.4) is 0 Å². The topological polar surface area (TPSA) is 56.0 Å². The molecule has 1 aromatic heterocycles. The van der Waals surface area contributed by atoms with Crippen molar-refractivity contribution >= 4 is 0 Å². The van der Waals surface area contributed by atoms with E-state index >= 15 is 0 Å². The van der Waals surface area contributed by atoms with Gasteiger partial charge in [-0.3, -0.25) is 9.36 Å². The van der Waals surface area contributed by atoms with Gasteiger partial charge in [-0.15, -0.1) is 0 Å². The minimum Gasteiger partial charge on any atom is -0.314 e. The first-order valence-electron chi connectivity index (χ1n) is 7.26. The first-order valence-corrected chi connectivity index (χ1v) is 7.26. The van der Waals surface area contributed by atoms with Gasteiger partial charge in [0.2, 0.25) is 0 Å². The fraction of sp³-hybridized carbons (Fsp3) is 0.714. The van der Waals surface area contributed by atoms with E-state index in [1.54, 1.807) is 10.8 Å². The number of nitrogens with zero attached hydrogens (tertiary/aromatic N) is 2. The van der Waals surface area contributed by atoms with Crippen LogP contribution >= 0.6 is 0 Å². The van der Waals surface area contributed by atoms with Gasteiger partial charge in [-0.25, -0.2) is 4.79 Å². The van der Waals surface area contributed by atoms with Gasteiger partial charge in [0.05, 0.1) is 0 Å². The maximum Gasteiger partial charge on any atom is 0.330 e. The van der Waals surface area contributed by atoms with Crippen molar-refractivity contribution in [3.05, 3.63) is 33.1 Å². The van der Waals surface area contributed by atoms with Crippen molar-refractivity contribution in [2.75, 3.05) is 6.54 Å². The van der Waals surface area contributed by atoms with Crippen LogP contribution in [0.1, 0.15) is 39.0 Å². The summed E-state index contributed by atoms with van der Waals surface area (Å²) in [4.78, 5) is 23.8. The molecule has 5 nitrogen and oxygen atoms in total. The highest BCUT2D eigenvalue weighted by Gasteiger charge is 2.19. The minimum atomic E-state index is -0.187. The summed E-state index contributed by atoms with van der Waals surface area (Å²) in [5.41, 5.74) is -0.364. The average molecular weight is 265 g/mol. The molecular formula is C14H23N3O2. The monoisotopic (exact) mass is 265 g/mol. The molecule has 1 N–H and O–H groups in total. The number of rotatable bonds is 8. The van der Waals surface area contributed by atoms with Crippen LogP contribution in [0.2, 0.25) is 0 Å². The molecule has 0 radical (unpaired) electrons. The Hall–Kier alpha value is -1.36. The van der Waals surface area contributed by atoms with E-state index in [0.29, 0.717) is 13.1 Å². The van der Waals surface area contributed by atoms with Gasteiger partial charge in [0.15, 0.2) is 0 Å². The molecule has 0 aliphatic heterocycles. The normalized spacial score (nSPS) is 14.8. The van der Waals surface area contributed by atoms with Crippen LogP contribution in [0.5, 0.6) is 0 Å². The minimum absolute atomic E-state index is 0.176. The molecule has 2 rings (SSSR count). The van der Waals surface area contributed by atoms with Gasteiger partial charge in [0.25, 0.3) is 5.56 Å². The van der Waals surface area contributed by atoms with Crippen LogP contribution in [0.4, 0.5) is 0 Å². The third-order valence-corrected chi connectivity index (χ3v) is 3.42. The maximum atomic E-state index is 12.1. The van der Waals surface area contributed by atoms with Crippen LogP contribution in [0, 0.1) is 0 Å². The van der Waals surface area contributed by atoms with Crippen molar-refractivity contribution in [1.29, 1.82) is 0 Å². The summed E-state index contributed by atoms with van der Waals surface area (Å²) in [5, 5.41) is 3.43. The van der Waals surface area contributed by atoms with Crippen LogP contribution in [0.15, 0.2) is 21.9 Å². The van der Waals surface area contributed by atoms with E-state index in [9.17, 15) is 9.59 Å². The summed E-state index contributed by atoms with van der Waals surface area (Å²) in [6.45, 7) is 4.19. The molecule has 0 bridgehead atoms. The molecule has 0 spiro atoms. The number of unbranched alkanes of at least 4 members (excludes halogenated alkanes) is 1. The number of nitrogens with one attached hydrogen (secondary N) is 1. The molecule has 0 aromatic carbocycles. The van der Waals surface area contributed by atoms with Crippen LogP contribution in [-0.4, -0.2) is 21.7 Å². The van der Waals surface area contributed by atoms with Gasteiger partial charge in [-0.1, -0.05) is 6.92 Å². The van der Waals surface area contributed by atoms with E-state index in [2.05, 4.69) is 5.32 Å². The van der Waals surface area contributed by atoms with Gasteiger partial charge in [-0.05, 0) is 38.6 Å². The molecule has 1 saturated carbocycles. The summed E-state index contributed by atoms with van der Waals surface area (Å²) >= 11 is 0. The van der Waals surface area contributed by atoms with Crippen molar-refractivity contribution < 1.29 is 0 Å². The van der Waals surface area contributed by atoms with E-state index in [-0.39, 0.29) is 11.2 Å². The highest BCUT2D eigenvalue weighted by atomic mass is 16.2. The average Bonchev–Trinajstić information content (AvgIpc) is 3.20. The summed E-state index contributed by atoms with van der Waals surface area (Å²) in [5.74, 6) is 0. The lowest BCUT2D eigenvalue weighted by Crippen LogP contribution is -2.39. The van der Waals surface area contributed by atoms with E-state index in [1.165, 1.54) is 23.5 Å². The van der Waals surface area contributed by atoms with Crippen LogP contribution < -0.4 is 16.6 Å². The number of hydrogen-bond acceptors (Lipinski definition) is 3. The van der Waals surface area contributed by atoms with E-state index in [0.717, 1.165) is 31.8 Å². The summed E-state index contributed by atoms with van der Waals surface area (Å²) < 4.78 is 2.97. The Morgan fingerprint density at radius 2 is 2.05 bits per heavy atom. The van der Waals surface area contributed by atoms with Crippen molar-refractivity contribution in [2.24, 2.45) is 0 Å². The molecule has 5 heteroatoms. The Labute approximate surface area is 113 Å². The Balaban J connectivity index is 1.88. The molecule has 1 aliphatic rings. The molecule has 0 atom stereocenters. The summed E-state index contributed by atoms with van der Waals surface area (Å²) in [6.07, 6.45) is 6.94. The Morgan fingerprint density at radius 3 is 2.74 bits per heavy atom. The zero-order valence-corrected chi connectivity index (χ0v) is 11.6. The third kappa shape index (κ3) is 4.06. The molecule has 1 aromatic rings. The second-order valence-electron chi connectivity index (χ2n) is 5.22. The zero-order chi connectivity index (χ0) is 13.7. The lowest BCUT2D eigenvalue weighted by molar-refractivity contribution is 0.508. The van der Waals surface area contributed by atoms with Crippen molar-refractivity contribution in [1.82, 2.24) is 14.5 Å². The maximum absolute atomic E-state index is 12.1. The highest BCUT2D eigenvalue weighted by Crippen LogP contribution is 2.18. The SMILES string of the molecule is CCCn1ccc(=O)n(CCCCNC2CC2)c1=O. The number of hydrogen-bond donors (Lipinski definition) is 1. The molecule has 1 aliphatic carbocycles. The predicted octanol–water partition coefficient (Wildman–Crippen LogP) is 0.952. The van der Waals surface area contributed by atoms with Crippen molar-refractivity contribution in [2.45, 2.75) is 58.2 Å². The first-order chi connectivity index (χ1) is 9.22. The Morgan fingerprint density at radius 1 is 1.26 bits per heavy atom. The molecule has 106 valence electrons. The second-order valence-corrected chi connectivity index (χ2v) is 5.22. The van der Waals surface area contributed by atoms with Gasteiger partial charge in [0.1, 0.15) is 0 Å². The third-order valence-electron chi connectivity index (χ3n) is 3.42.